The van der Waals surface area contributed by atoms with E-state index >= 15 is 0 Å². The fourth-order valence-electron chi connectivity index (χ4n) is 8.21. The fourth-order valence-corrected chi connectivity index (χ4v) is 8.21. The lowest BCUT2D eigenvalue weighted by atomic mass is 10.0. The molecule has 0 bridgehead atoms. The first kappa shape index (κ1) is 72.1. The number of aliphatic carboxylic acids is 2. The van der Waals surface area contributed by atoms with Crippen molar-refractivity contribution >= 4 is 23.9 Å². The molecule has 0 N–H and O–H groups in total. The number of rotatable bonds is 62. The smallest absolute Gasteiger partial charge is 0.306 e. The van der Waals surface area contributed by atoms with Gasteiger partial charge in [-0.1, -0.05) is 192 Å². The van der Waals surface area contributed by atoms with Crippen molar-refractivity contribution in [1.82, 2.24) is 0 Å². The van der Waals surface area contributed by atoms with Crippen molar-refractivity contribution in [2.75, 3.05) is 106 Å². The highest BCUT2D eigenvalue weighted by atomic mass is 16.6. The zero-order chi connectivity index (χ0) is 54.6. The molecule has 440 valence electrons. The number of hydrogen-bond acceptors (Lipinski definition) is 15. The zero-order valence-corrected chi connectivity index (χ0v) is 47.5. The highest BCUT2D eigenvalue weighted by Crippen LogP contribution is 2.16. The molecule has 0 aromatic carbocycles. The predicted molar refractivity (Wildman–Crippen MR) is 292 cm³/mol. The molecule has 0 fully saturated rings. The van der Waals surface area contributed by atoms with Crippen LogP contribution in [0.5, 0.6) is 0 Å². The number of carbonyl (C=O) groups excluding carboxylic acids is 4. The summed E-state index contributed by atoms with van der Waals surface area (Å²) in [5.41, 5.74) is 0. The van der Waals surface area contributed by atoms with E-state index < -0.39 is 35.7 Å². The summed E-state index contributed by atoms with van der Waals surface area (Å²) in [5, 5.41) is 23.1. The number of carboxylic acid groups (broad SMARTS) is 2. The second-order valence-corrected chi connectivity index (χ2v) is 19.6. The maximum Gasteiger partial charge on any atom is 0.306 e. The quantitative estimate of drug-likeness (QED) is 0.0316. The Morgan fingerprint density at radius 3 is 0.747 bits per heavy atom. The van der Waals surface area contributed by atoms with E-state index in [1.165, 1.54) is 154 Å². The minimum absolute atomic E-state index is 0.0340. The number of carboxylic acids is 2. The highest BCUT2D eigenvalue weighted by molar-refractivity contribution is 5.78. The maximum absolute atomic E-state index is 12.2. The Labute approximate surface area is 455 Å². The van der Waals surface area contributed by atoms with Gasteiger partial charge in [-0.3, -0.25) is 9.59 Å². The summed E-state index contributed by atoms with van der Waals surface area (Å²) < 4.78 is 48.6. The first-order valence-electron chi connectivity index (χ1n) is 29.9. The third-order valence-electron chi connectivity index (χ3n) is 12.8. The average molecular weight is 1070 g/mol. The van der Waals surface area contributed by atoms with Gasteiger partial charge in [0.05, 0.1) is 105 Å². The van der Waals surface area contributed by atoms with E-state index in [0.29, 0.717) is 79.3 Å². The number of hydrogen-bond donors (Lipinski definition) is 0. The Hall–Kier alpha value is -2.92. The van der Waals surface area contributed by atoms with Gasteiger partial charge in [-0.05, 0) is 38.5 Å². The molecule has 0 spiro atoms. The first-order chi connectivity index (χ1) is 36.8. The predicted octanol–water partition coefficient (Wildman–Crippen LogP) is 10.6. The van der Waals surface area contributed by atoms with E-state index in [1.54, 1.807) is 0 Å². The molecular formula is C60H108O15-2. The van der Waals surface area contributed by atoms with E-state index in [0.717, 1.165) is 25.7 Å². The summed E-state index contributed by atoms with van der Waals surface area (Å²) in [6, 6.07) is 0. The molecule has 2 atom stereocenters. The molecule has 75 heavy (non-hydrogen) atoms. The third-order valence-corrected chi connectivity index (χ3v) is 12.8. The van der Waals surface area contributed by atoms with Gasteiger partial charge >= 0.3 is 11.9 Å². The van der Waals surface area contributed by atoms with Gasteiger partial charge in [-0.2, -0.15) is 0 Å². The second kappa shape index (κ2) is 60.3. The van der Waals surface area contributed by atoms with Crippen molar-refractivity contribution in [3.63, 3.8) is 0 Å². The average Bonchev–Trinajstić information content (AvgIpc) is 3.39. The molecule has 0 amide bonds. The number of carbonyl (C=O) groups is 4. The molecule has 0 rings (SSSR count). The first-order valence-corrected chi connectivity index (χ1v) is 29.9. The van der Waals surface area contributed by atoms with Crippen LogP contribution in [0.4, 0.5) is 0 Å². The van der Waals surface area contributed by atoms with Gasteiger partial charge in [0.1, 0.15) is 13.2 Å². The molecule has 0 aliphatic heterocycles. The number of esters is 2. The summed E-state index contributed by atoms with van der Waals surface area (Å²) in [5.74, 6) is -5.48. The summed E-state index contributed by atoms with van der Waals surface area (Å²) in [6.45, 7) is 9.55. The van der Waals surface area contributed by atoms with Crippen molar-refractivity contribution in [3.8, 4) is 0 Å². The SMILES string of the molecule is CCCCCCCCCCCCCCC/C=C/CC(CC(=O)OCCOCCOCCOCCOCCOCCOCCOCCOC(=O)CC(C/C=C/CCCCCCCCCCCCCCC)C(=O)[O-])C(=O)[O-]. The van der Waals surface area contributed by atoms with E-state index in [1.807, 2.05) is 24.3 Å². The Morgan fingerprint density at radius 1 is 0.307 bits per heavy atom. The summed E-state index contributed by atoms with van der Waals surface area (Å²) >= 11 is 0. The molecule has 15 nitrogen and oxygen atoms in total. The number of unbranched alkanes of at least 4 members (excludes halogenated alkanes) is 26. The Bertz CT molecular complexity index is 1210. The number of allylic oxidation sites excluding steroid dienone is 4. The Balaban J connectivity index is 3.54. The third kappa shape index (κ3) is 57.1. The molecule has 0 aromatic rings. The van der Waals surface area contributed by atoms with Crippen molar-refractivity contribution in [2.45, 2.75) is 219 Å². The minimum Gasteiger partial charge on any atom is -0.550 e. The molecule has 0 heterocycles. The van der Waals surface area contributed by atoms with E-state index in [4.69, 9.17) is 42.6 Å². The minimum atomic E-state index is -1.25. The van der Waals surface area contributed by atoms with Crippen LogP contribution in [-0.4, -0.2) is 130 Å². The lowest BCUT2D eigenvalue weighted by molar-refractivity contribution is -0.312. The van der Waals surface area contributed by atoms with Gasteiger partial charge in [0.2, 0.25) is 0 Å². The van der Waals surface area contributed by atoms with Crippen LogP contribution in [0.2, 0.25) is 0 Å². The van der Waals surface area contributed by atoms with E-state index in [-0.39, 0.29) is 52.1 Å². The van der Waals surface area contributed by atoms with Crippen LogP contribution in [0.15, 0.2) is 24.3 Å². The lowest BCUT2D eigenvalue weighted by Gasteiger charge is -2.15. The molecular weight excluding hydrogens is 961 g/mol. The molecule has 0 aliphatic carbocycles. The van der Waals surface area contributed by atoms with Crippen LogP contribution in [0, 0.1) is 11.8 Å². The van der Waals surface area contributed by atoms with Gasteiger partial charge in [-0.15, -0.1) is 0 Å². The largest absolute Gasteiger partial charge is 0.550 e. The zero-order valence-electron chi connectivity index (χ0n) is 47.5. The molecule has 15 heteroatoms. The van der Waals surface area contributed by atoms with Crippen molar-refractivity contribution < 1.29 is 72.0 Å². The molecule has 0 aromatic heterocycles. The molecule has 0 aliphatic rings. The fraction of sp³-hybridized carbons (Fsp3) is 0.867. The number of ether oxygens (including phenoxy) is 9. The van der Waals surface area contributed by atoms with Crippen LogP contribution in [0.25, 0.3) is 0 Å². The van der Waals surface area contributed by atoms with E-state index in [2.05, 4.69) is 13.8 Å². The van der Waals surface area contributed by atoms with Gasteiger partial charge in [0, 0.05) is 23.8 Å². The topological polar surface area (TPSA) is 197 Å². The van der Waals surface area contributed by atoms with Gasteiger partial charge < -0.3 is 62.4 Å². The second-order valence-electron chi connectivity index (χ2n) is 19.6. The molecule has 0 saturated carbocycles. The highest BCUT2D eigenvalue weighted by Gasteiger charge is 2.16. The molecule has 2 unspecified atom stereocenters. The van der Waals surface area contributed by atoms with Gasteiger partial charge in [-0.25, -0.2) is 0 Å². The van der Waals surface area contributed by atoms with Crippen molar-refractivity contribution in [3.05, 3.63) is 24.3 Å². The molecule has 0 saturated heterocycles. The Kier molecular flexibility index (Phi) is 58.0. The van der Waals surface area contributed by atoms with Crippen molar-refractivity contribution in [1.29, 1.82) is 0 Å². The van der Waals surface area contributed by atoms with Crippen LogP contribution in [0.3, 0.4) is 0 Å². The van der Waals surface area contributed by atoms with Crippen LogP contribution >= 0.6 is 0 Å². The normalized spacial score (nSPS) is 12.5. The van der Waals surface area contributed by atoms with Crippen LogP contribution in [-0.2, 0) is 61.8 Å². The van der Waals surface area contributed by atoms with Gasteiger partial charge in [0.25, 0.3) is 0 Å². The monoisotopic (exact) mass is 1070 g/mol. The molecule has 0 radical (unpaired) electrons. The van der Waals surface area contributed by atoms with Crippen molar-refractivity contribution in [2.24, 2.45) is 11.8 Å². The summed E-state index contributed by atoms with van der Waals surface area (Å²) in [4.78, 5) is 47.5. The lowest BCUT2D eigenvalue weighted by Crippen LogP contribution is -2.33. The standard InChI is InChI=1S/C60H110O15/c1-3-5-7-9-11-13-15-17-19-21-23-25-27-29-31-33-35-55(59(63)64)53-57(61)74-51-49-72-47-45-70-43-41-68-39-37-67-38-40-69-42-44-71-46-48-73-50-52-75-58(62)54-56(60(65)66)36-34-32-30-28-26-24-22-20-18-16-14-12-10-8-6-4-2/h31-34,55-56H,3-30,35-54H2,1-2H3,(H,63,64)(H,65,66)/p-2/b33-31+,34-32+. The van der Waals surface area contributed by atoms with Crippen LogP contribution in [0.1, 0.15) is 219 Å². The maximum atomic E-state index is 12.2. The van der Waals surface area contributed by atoms with Gasteiger partial charge in [0.15, 0.2) is 0 Å². The summed E-state index contributed by atoms with van der Waals surface area (Å²) in [6.07, 6.45) is 43.5. The summed E-state index contributed by atoms with van der Waals surface area (Å²) in [7, 11) is 0. The van der Waals surface area contributed by atoms with E-state index in [9.17, 15) is 29.4 Å². The Morgan fingerprint density at radius 2 is 0.520 bits per heavy atom. The van der Waals surface area contributed by atoms with Crippen LogP contribution < -0.4 is 10.2 Å².